The quantitative estimate of drug-likeness (QED) is 0.880. The summed E-state index contributed by atoms with van der Waals surface area (Å²) < 4.78 is 0. The maximum Gasteiger partial charge on any atom is 0.0474 e. The third-order valence-corrected chi connectivity index (χ3v) is 4.50. The van der Waals surface area contributed by atoms with Gasteiger partial charge in [-0.15, -0.1) is 0 Å². The van der Waals surface area contributed by atoms with Crippen LogP contribution in [-0.2, 0) is 0 Å². The van der Waals surface area contributed by atoms with Crippen LogP contribution >= 0.6 is 11.6 Å². The molecule has 1 heterocycles. The molecule has 0 aromatic heterocycles. The molecule has 2 rings (SSSR count). The van der Waals surface area contributed by atoms with Crippen LogP contribution in [0.5, 0.6) is 0 Å². The second kappa shape index (κ2) is 5.72. The summed E-state index contributed by atoms with van der Waals surface area (Å²) in [6, 6.07) is 6.80. The summed E-state index contributed by atoms with van der Waals surface area (Å²) in [6.07, 6.45) is 2.51. The fourth-order valence-corrected chi connectivity index (χ4v) is 3.38. The lowest BCUT2D eigenvalue weighted by Crippen LogP contribution is -2.38. The fourth-order valence-electron chi connectivity index (χ4n) is 3.04. The van der Waals surface area contributed by atoms with Crippen LogP contribution in [0.4, 0.5) is 5.69 Å². The topological polar surface area (TPSA) is 15.3 Å². The van der Waals surface area contributed by atoms with Gasteiger partial charge in [0.2, 0.25) is 0 Å². The van der Waals surface area contributed by atoms with Gasteiger partial charge in [0.05, 0.1) is 0 Å². The Morgan fingerprint density at radius 3 is 2.68 bits per heavy atom. The van der Waals surface area contributed by atoms with Gasteiger partial charge in [-0.1, -0.05) is 24.6 Å². The van der Waals surface area contributed by atoms with Crippen molar-refractivity contribution < 1.29 is 0 Å². The highest BCUT2D eigenvalue weighted by Gasteiger charge is 2.32. The van der Waals surface area contributed by atoms with E-state index in [4.69, 9.17) is 11.6 Å². The van der Waals surface area contributed by atoms with Crippen LogP contribution in [-0.4, -0.2) is 18.6 Å². The molecule has 0 spiro atoms. The summed E-state index contributed by atoms with van der Waals surface area (Å²) in [6.45, 7) is 11.0. The van der Waals surface area contributed by atoms with E-state index in [0.29, 0.717) is 6.04 Å². The van der Waals surface area contributed by atoms with Crippen molar-refractivity contribution >= 4 is 17.3 Å². The lowest BCUT2D eigenvalue weighted by atomic mass is 10.0. The Bertz CT molecular complexity index is 442. The molecule has 1 aromatic rings. The third kappa shape index (κ3) is 3.06. The maximum absolute atomic E-state index is 6.46. The normalized spacial score (nSPS) is 19.7. The Labute approximate surface area is 122 Å². The van der Waals surface area contributed by atoms with E-state index in [9.17, 15) is 0 Å². The first-order valence-electron chi connectivity index (χ1n) is 7.26. The Balaban J connectivity index is 2.24. The van der Waals surface area contributed by atoms with Crippen LogP contribution in [0.15, 0.2) is 18.2 Å². The van der Waals surface area contributed by atoms with Gasteiger partial charge in [0.1, 0.15) is 0 Å². The Kier molecular flexibility index (Phi) is 4.42. The number of nitrogens with zero attached hydrogens (tertiary/aromatic N) is 1. The third-order valence-electron chi connectivity index (χ3n) is 4.17. The molecule has 1 aromatic carbocycles. The average molecular weight is 281 g/mol. The first kappa shape index (κ1) is 14.7. The van der Waals surface area contributed by atoms with Gasteiger partial charge < -0.3 is 10.2 Å². The summed E-state index contributed by atoms with van der Waals surface area (Å²) in [5, 5.41) is 4.28. The monoisotopic (exact) mass is 280 g/mol. The minimum absolute atomic E-state index is 0.248. The van der Waals surface area contributed by atoms with Crippen molar-refractivity contribution in [3.05, 3.63) is 28.8 Å². The number of nitrogens with one attached hydrogen (secondary N) is 1. The highest BCUT2D eigenvalue weighted by atomic mass is 35.5. The van der Waals surface area contributed by atoms with Gasteiger partial charge in [0.25, 0.3) is 0 Å². The van der Waals surface area contributed by atoms with Crippen LogP contribution in [0.2, 0.25) is 5.02 Å². The highest BCUT2D eigenvalue weighted by molar-refractivity contribution is 6.31. The molecule has 19 heavy (non-hydrogen) atoms. The van der Waals surface area contributed by atoms with Crippen molar-refractivity contribution in [2.75, 3.05) is 18.0 Å². The number of rotatable bonds is 4. The van der Waals surface area contributed by atoms with Crippen LogP contribution in [0.3, 0.4) is 0 Å². The zero-order valence-electron chi connectivity index (χ0n) is 12.5. The van der Waals surface area contributed by atoms with E-state index >= 15 is 0 Å². The molecule has 1 aliphatic rings. The molecule has 1 aliphatic heterocycles. The van der Waals surface area contributed by atoms with Gasteiger partial charge in [-0.3, -0.25) is 0 Å². The predicted octanol–water partition coefficient (Wildman–Crippen LogP) is 4.39. The second-order valence-electron chi connectivity index (χ2n) is 6.05. The van der Waals surface area contributed by atoms with Crippen LogP contribution in [0.1, 0.15) is 52.1 Å². The summed E-state index contributed by atoms with van der Waals surface area (Å²) in [5.41, 5.74) is 2.68. The zero-order chi connectivity index (χ0) is 14.0. The summed E-state index contributed by atoms with van der Waals surface area (Å²) >= 11 is 6.46. The Hall–Kier alpha value is -0.730. The van der Waals surface area contributed by atoms with E-state index in [2.05, 4.69) is 56.1 Å². The lowest BCUT2D eigenvalue weighted by Gasteiger charge is -2.34. The molecule has 1 unspecified atom stereocenters. The molecule has 1 saturated heterocycles. The molecule has 1 fully saturated rings. The van der Waals surface area contributed by atoms with Crippen molar-refractivity contribution in [3.8, 4) is 0 Å². The van der Waals surface area contributed by atoms with Crippen molar-refractivity contribution in [3.63, 3.8) is 0 Å². The molecule has 1 N–H and O–H groups in total. The smallest absolute Gasteiger partial charge is 0.0474 e. The van der Waals surface area contributed by atoms with Gasteiger partial charge in [-0.05, 0) is 57.9 Å². The minimum atomic E-state index is 0.248. The molecular formula is C16H25ClN2. The average Bonchev–Trinajstić information content (AvgIpc) is 2.69. The molecule has 0 saturated carbocycles. The van der Waals surface area contributed by atoms with Gasteiger partial charge in [0.15, 0.2) is 0 Å². The summed E-state index contributed by atoms with van der Waals surface area (Å²) in [5.74, 6) is 0. The van der Waals surface area contributed by atoms with Crippen LogP contribution in [0, 0.1) is 0 Å². The first-order chi connectivity index (χ1) is 8.95. The molecule has 2 nitrogen and oxygen atoms in total. The van der Waals surface area contributed by atoms with Gasteiger partial charge >= 0.3 is 0 Å². The molecule has 0 amide bonds. The van der Waals surface area contributed by atoms with Crippen LogP contribution < -0.4 is 10.2 Å². The molecule has 1 atom stereocenters. The van der Waals surface area contributed by atoms with E-state index in [1.807, 2.05) is 0 Å². The standard InChI is InChI=1S/C16H25ClN2/c1-5-18-12(2)14-8-7-13(11-15(14)17)19-10-6-9-16(19,3)4/h7-8,11-12,18H,5-6,9-10H2,1-4H3. The Morgan fingerprint density at radius 1 is 1.42 bits per heavy atom. The van der Waals surface area contributed by atoms with E-state index < -0.39 is 0 Å². The fraction of sp³-hybridized carbons (Fsp3) is 0.625. The summed E-state index contributed by atoms with van der Waals surface area (Å²) in [7, 11) is 0. The maximum atomic E-state index is 6.46. The number of halogens is 1. The molecule has 0 aliphatic carbocycles. The Morgan fingerprint density at radius 2 is 2.16 bits per heavy atom. The van der Waals surface area contributed by atoms with E-state index in [1.54, 1.807) is 0 Å². The molecule has 3 heteroatoms. The molecule has 0 bridgehead atoms. The number of benzene rings is 1. The van der Waals surface area contributed by atoms with Crippen molar-refractivity contribution in [2.45, 2.75) is 52.1 Å². The predicted molar refractivity (Wildman–Crippen MR) is 84.2 cm³/mol. The molecule has 0 radical (unpaired) electrons. The van der Waals surface area contributed by atoms with Gasteiger partial charge in [-0.2, -0.15) is 0 Å². The minimum Gasteiger partial charge on any atom is -0.366 e. The van der Waals surface area contributed by atoms with Crippen LogP contribution in [0.25, 0.3) is 0 Å². The van der Waals surface area contributed by atoms with Crippen molar-refractivity contribution in [1.29, 1.82) is 0 Å². The number of hydrogen-bond donors (Lipinski definition) is 1. The number of hydrogen-bond acceptors (Lipinski definition) is 2. The van der Waals surface area contributed by atoms with E-state index in [1.165, 1.54) is 24.1 Å². The lowest BCUT2D eigenvalue weighted by molar-refractivity contribution is 0.518. The molecular weight excluding hydrogens is 256 g/mol. The zero-order valence-corrected chi connectivity index (χ0v) is 13.2. The second-order valence-corrected chi connectivity index (χ2v) is 6.46. The first-order valence-corrected chi connectivity index (χ1v) is 7.64. The van der Waals surface area contributed by atoms with E-state index in [-0.39, 0.29) is 5.54 Å². The SMILES string of the molecule is CCNC(C)c1ccc(N2CCCC2(C)C)cc1Cl. The highest BCUT2D eigenvalue weighted by Crippen LogP contribution is 2.36. The van der Waals surface area contributed by atoms with Crippen molar-refractivity contribution in [1.82, 2.24) is 5.32 Å². The van der Waals surface area contributed by atoms with Gasteiger partial charge in [-0.25, -0.2) is 0 Å². The molecule has 106 valence electrons. The number of anilines is 1. The van der Waals surface area contributed by atoms with Gasteiger partial charge in [0, 0.05) is 28.8 Å². The summed E-state index contributed by atoms with van der Waals surface area (Å²) in [4.78, 5) is 2.47. The largest absolute Gasteiger partial charge is 0.366 e. The van der Waals surface area contributed by atoms with E-state index in [0.717, 1.165) is 18.1 Å². The van der Waals surface area contributed by atoms with Crippen molar-refractivity contribution in [2.24, 2.45) is 0 Å².